The van der Waals surface area contributed by atoms with E-state index in [1.165, 1.54) is 105 Å². The first kappa shape index (κ1) is 41.9. The summed E-state index contributed by atoms with van der Waals surface area (Å²) in [6.45, 7) is 18.6. The lowest BCUT2D eigenvalue weighted by atomic mass is 9.45. The van der Waals surface area contributed by atoms with E-state index < -0.39 is 0 Å². The molecule has 10 aromatic carbocycles. The summed E-state index contributed by atoms with van der Waals surface area (Å²) in [6.07, 6.45) is 0. The molecule has 342 valence electrons. The molecular formula is C66H54BN3O. The predicted octanol–water partition coefficient (Wildman–Crippen LogP) is 17.1. The van der Waals surface area contributed by atoms with Crippen molar-refractivity contribution in [1.29, 1.82) is 0 Å². The van der Waals surface area contributed by atoms with E-state index in [0.29, 0.717) is 0 Å². The van der Waals surface area contributed by atoms with Crippen molar-refractivity contribution in [3.63, 3.8) is 0 Å². The number of hydrogen-bond donors (Lipinski definition) is 0. The van der Waals surface area contributed by atoms with Crippen LogP contribution in [0.4, 0.5) is 34.1 Å². The third kappa shape index (κ3) is 5.99. The van der Waals surface area contributed by atoms with Crippen molar-refractivity contribution in [1.82, 2.24) is 4.48 Å². The number of para-hydroxylation sites is 4. The average molecular weight is 916 g/mol. The van der Waals surface area contributed by atoms with Crippen LogP contribution in [0.25, 0.3) is 76.4 Å². The van der Waals surface area contributed by atoms with E-state index >= 15 is 0 Å². The number of anilines is 6. The Balaban J connectivity index is 1.21. The second kappa shape index (κ2) is 14.8. The summed E-state index contributed by atoms with van der Waals surface area (Å²) in [6, 6.07) is 68.3. The number of nitrogens with zero attached hydrogens (tertiary/aromatic N) is 3. The van der Waals surface area contributed by atoms with Gasteiger partial charge in [-0.25, -0.2) is 0 Å². The van der Waals surface area contributed by atoms with E-state index in [4.69, 9.17) is 4.42 Å². The van der Waals surface area contributed by atoms with Crippen LogP contribution < -0.4 is 20.7 Å². The summed E-state index contributed by atoms with van der Waals surface area (Å²) in [5.74, 6) is 0. The summed E-state index contributed by atoms with van der Waals surface area (Å²) in [5.41, 5.74) is 21.2. The molecule has 2 aliphatic heterocycles. The van der Waals surface area contributed by atoms with E-state index in [-0.39, 0.29) is 17.7 Å². The largest absolute Gasteiger partial charge is 0.455 e. The van der Waals surface area contributed by atoms with Gasteiger partial charge in [0.25, 0.3) is 0 Å². The highest BCUT2D eigenvalue weighted by atomic mass is 16.3. The summed E-state index contributed by atoms with van der Waals surface area (Å²) >= 11 is 0. The smallest absolute Gasteiger partial charge is 0.333 e. The summed E-state index contributed by atoms with van der Waals surface area (Å²) < 4.78 is 9.68. The lowest BCUT2D eigenvalue weighted by Gasteiger charge is -2.42. The van der Waals surface area contributed by atoms with Crippen molar-refractivity contribution < 1.29 is 4.42 Å². The second-order valence-corrected chi connectivity index (χ2v) is 22.2. The van der Waals surface area contributed by atoms with Crippen molar-refractivity contribution in [3.8, 4) is 11.1 Å². The minimum Gasteiger partial charge on any atom is -0.455 e. The minimum absolute atomic E-state index is 0.0980. The van der Waals surface area contributed by atoms with Gasteiger partial charge >= 0.3 is 6.85 Å². The molecule has 0 fully saturated rings. The van der Waals surface area contributed by atoms with Crippen molar-refractivity contribution in [2.45, 2.75) is 66.2 Å². The normalized spacial score (nSPS) is 13.3. The maximum Gasteiger partial charge on any atom is 0.333 e. The molecule has 0 bridgehead atoms. The first-order valence-corrected chi connectivity index (χ1v) is 25.2. The van der Waals surface area contributed by atoms with Gasteiger partial charge in [-0.15, -0.1) is 0 Å². The van der Waals surface area contributed by atoms with Crippen LogP contribution in [0.15, 0.2) is 186 Å². The van der Waals surface area contributed by atoms with Crippen molar-refractivity contribution >= 4 is 117 Å². The Labute approximate surface area is 415 Å². The van der Waals surface area contributed by atoms with Crippen LogP contribution in [-0.4, -0.2) is 11.3 Å². The molecule has 0 radical (unpaired) electrons. The molecule has 0 saturated heterocycles. The highest BCUT2D eigenvalue weighted by molar-refractivity contribution is 6.90. The molecule has 2 aliphatic rings. The zero-order valence-electron chi connectivity index (χ0n) is 41.6. The number of hydrogen-bond acceptors (Lipinski definition) is 3. The van der Waals surface area contributed by atoms with E-state index in [1.54, 1.807) is 0 Å². The fourth-order valence-electron chi connectivity index (χ4n) is 12.4. The van der Waals surface area contributed by atoms with Gasteiger partial charge in [0.15, 0.2) is 0 Å². The summed E-state index contributed by atoms with van der Waals surface area (Å²) in [7, 11) is 0. The third-order valence-electron chi connectivity index (χ3n) is 16.0. The molecule has 12 aromatic rings. The van der Waals surface area contributed by atoms with E-state index in [0.717, 1.165) is 39.0 Å². The number of rotatable bonds is 4. The third-order valence-corrected chi connectivity index (χ3v) is 16.0. The SMILES string of the molecule is Cc1c2ccccc2c(C)c2cc3c(cc12)B1c2c(cc(N(c4ccccc4)c4ccccc4)cc2N3c2cc(C(C)(C)C)cc(C(C)(C)C)c2)-c2cc3c4ccccc4oc3c3c4ccccc4n1c23. The highest BCUT2D eigenvalue weighted by Crippen LogP contribution is 2.52. The Bertz CT molecular complexity index is 4150. The van der Waals surface area contributed by atoms with Crippen molar-refractivity contribution in [2.24, 2.45) is 0 Å². The van der Waals surface area contributed by atoms with E-state index in [1.807, 2.05) is 0 Å². The Kier molecular flexibility index (Phi) is 8.71. The van der Waals surface area contributed by atoms with Crippen LogP contribution >= 0.6 is 0 Å². The topological polar surface area (TPSA) is 24.6 Å². The average Bonchev–Trinajstić information content (AvgIpc) is 3.93. The zero-order valence-corrected chi connectivity index (χ0v) is 41.6. The lowest BCUT2D eigenvalue weighted by Crippen LogP contribution is -2.56. The van der Waals surface area contributed by atoms with Crippen molar-refractivity contribution in [2.75, 3.05) is 9.80 Å². The molecule has 14 rings (SSSR count). The van der Waals surface area contributed by atoms with Gasteiger partial charge in [0.2, 0.25) is 0 Å². The molecule has 0 amide bonds. The van der Waals surface area contributed by atoms with Crippen LogP contribution in [0, 0.1) is 13.8 Å². The highest BCUT2D eigenvalue weighted by Gasteiger charge is 2.45. The van der Waals surface area contributed by atoms with Crippen LogP contribution in [0.3, 0.4) is 0 Å². The zero-order chi connectivity index (χ0) is 48.2. The Morgan fingerprint density at radius 3 is 1.66 bits per heavy atom. The molecule has 0 saturated carbocycles. The lowest BCUT2D eigenvalue weighted by molar-refractivity contribution is 0.569. The molecule has 4 nitrogen and oxygen atoms in total. The van der Waals surface area contributed by atoms with Gasteiger partial charge in [-0.3, -0.25) is 0 Å². The minimum atomic E-state index is -0.164. The molecule has 71 heavy (non-hydrogen) atoms. The molecule has 4 heterocycles. The van der Waals surface area contributed by atoms with Crippen LogP contribution in [0.1, 0.15) is 63.8 Å². The Morgan fingerprint density at radius 1 is 0.465 bits per heavy atom. The second-order valence-electron chi connectivity index (χ2n) is 22.2. The molecule has 0 N–H and O–H groups in total. The fraction of sp³-hybridized carbons (Fsp3) is 0.152. The number of furan rings is 1. The predicted molar refractivity (Wildman–Crippen MR) is 304 cm³/mol. The Morgan fingerprint density at radius 2 is 1.03 bits per heavy atom. The maximum atomic E-state index is 7.00. The van der Waals surface area contributed by atoms with Crippen LogP contribution in [0.5, 0.6) is 0 Å². The first-order chi connectivity index (χ1) is 34.3. The number of fused-ring (bicyclic) bond motifs is 13. The van der Waals surface area contributed by atoms with Crippen molar-refractivity contribution in [3.05, 3.63) is 204 Å². The molecule has 0 atom stereocenters. The first-order valence-electron chi connectivity index (χ1n) is 25.2. The maximum absolute atomic E-state index is 7.00. The number of aryl methyl sites for hydroxylation is 2. The number of aromatic nitrogens is 1. The van der Waals surface area contributed by atoms with Gasteiger partial charge in [0.1, 0.15) is 11.2 Å². The monoisotopic (exact) mass is 915 g/mol. The summed E-state index contributed by atoms with van der Waals surface area (Å²) in [4.78, 5) is 5.09. The Hall–Kier alpha value is -8.02. The molecule has 0 unspecified atom stereocenters. The van der Waals surface area contributed by atoms with Gasteiger partial charge in [-0.1, -0.05) is 151 Å². The number of benzene rings is 10. The molecular weight excluding hydrogens is 862 g/mol. The molecule has 0 spiro atoms. The standard InChI is InChI=1S/C66H54BN3O/c1-39-47-25-15-16-26-48(47)40(2)52-38-58-56(37-51(39)52)67-62-53(54-36-55-49-27-18-20-30-60(49)71-64(55)61-50-28-17-19-29-57(50)70(67)63(54)61)34-46(68(43-21-11-9-12-22-43)44-23-13-10-14-24-44)35-59(62)69(58)45-32-41(65(3,4)5)31-42(33-45)66(6,7)8/h9-38H,1-8H3. The van der Waals surface area contributed by atoms with Gasteiger partial charge in [-0.2, -0.15) is 0 Å². The molecule has 2 aromatic heterocycles. The quantitative estimate of drug-likeness (QED) is 0.130. The van der Waals surface area contributed by atoms with Gasteiger partial charge in [0, 0.05) is 66.9 Å². The van der Waals surface area contributed by atoms with E-state index in [2.05, 4.69) is 252 Å². The molecule has 5 heteroatoms. The van der Waals surface area contributed by atoms with Gasteiger partial charge < -0.3 is 18.7 Å². The molecule has 0 aliphatic carbocycles. The summed E-state index contributed by atoms with van der Waals surface area (Å²) in [5, 5.41) is 9.82. The fourth-order valence-corrected chi connectivity index (χ4v) is 12.4. The van der Waals surface area contributed by atoms with E-state index in [9.17, 15) is 0 Å². The van der Waals surface area contributed by atoms with Crippen LogP contribution in [0.2, 0.25) is 0 Å². The van der Waals surface area contributed by atoms with Gasteiger partial charge in [-0.05, 0) is 158 Å². The van der Waals surface area contributed by atoms with Crippen LogP contribution in [-0.2, 0) is 10.8 Å². The van der Waals surface area contributed by atoms with Gasteiger partial charge in [0.05, 0.1) is 5.39 Å².